The Morgan fingerprint density at radius 3 is 2.78 bits per heavy atom. The lowest BCUT2D eigenvalue weighted by molar-refractivity contribution is 0.112. The van der Waals surface area contributed by atoms with Crippen molar-refractivity contribution in [3.05, 3.63) is 53.7 Å². The number of hydrogen-bond donors (Lipinski definition) is 1. The Balaban J connectivity index is 2.36. The molecule has 0 aliphatic rings. The molecule has 88 valence electrons. The van der Waals surface area contributed by atoms with E-state index in [0.29, 0.717) is 5.56 Å². The highest BCUT2D eigenvalue weighted by molar-refractivity contribution is 6.04. The second-order valence-electron chi connectivity index (χ2n) is 4.25. The SMILES string of the molecule is Cc1cccnc1-c1[nH]c2ccccc2c1C=O. The number of aldehydes is 1. The quantitative estimate of drug-likeness (QED) is 0.693. The first-order chi connectivity index (χ1) is 8.81. The van der Waals surface area contributed by atoms with Crippen LogP contribution in [0.1, 0.15) is 15.9 Å². The molecular formula is C15H12N2O. The third-order valence-electron chi connectivity index (χ3n) is 3.11. The van der Waals surface area contributed by atoms with Crippen LogP contribution >= 0.6 is 0 Å². The average molecular weight is 236 g/mol. The lowest BCUT2D eigenvalue weighted by Crippen LogP contribution is -1.91. The largest absolute Gasteiger partial charge is 0.353 e. The van der Waals surface area contributed by atoms with Crippen molar-refractivity contribution in [2.24, 2.45) is 0 Å². The van der Waals surface area contributed by atoms with E-state index in [0.717, 1.165) is 34.1 Å². The number of pyridine rings is 1. The van der Waals surface area contributed by atoms with Gasteiger partial charge in [0.15, 0.2) is 6.29 Å². The Hall–Kier alpha value is -2.42. The number of aromatic nitrogens is 2. The van der Waals surface area contributed by atoms with E-state index in [1.54, 1.807) is 6.20 Å². The molecule has 0 aliphatic heterocycles. The number of fused-ring (bicyclic) bond motifs is 1. The molecule has 2 aromatic heterocycles. The zero-order valence-electron chi connectivity index (χ0n) is 9.97. The maximum atomic E-state index is 11.3. The minimum Gasteiger partial charge on any atom is -0.353 e. The third kappa shape index (κ3) is 1.52. The molecule has 3 nitrogen and oxygen atoms in total. The summed E-state index contributed by atoms with van der Waals surface area (Å²) in [5, 5.41) is 0.938. The maximum Gasteiger partial charge on any atom is 0.152 e. The Labute approximate surface area is 104 Å². The van der Waals surface area contributed by atoms with Gasteiger partial charge in [0.2, 0.25) is 0 Å². The predicted octanol–water partition coefficient (Wildman–Crippen LogP) is 3.35. The summed E-state index contributed by atoms with van der Waals surface area (Å²) in [5.74, 6) is 0. The Bertz CT molecular complexity index is 728. The number of nitrogens with one attached hydrogen (secondary N) is 1. The topological polar surface area (TPSA) is 45.8 Å². The fourth-order valence-electron chi connectivity index (χ4n) is 2.22. The molecule has 18 heavy (non-hydrogen) atoms. The van der Waals surface area contributed by atoms with Gasteiger partial charge < -0.3 is 4.98 Å². The Morgan fingerprint density at radius 2 is 2.00 bits per heavy atom. The molecule has 2 heterocycles. The number of carbonyl (C=O) groups is 1. The van der Waals surface area contributed by atoms with E-state index in [1.807, 2.05) is 43.3 Å². The smallest absolute Gasteiger partial charge is 0.152 e. The molecule has 1 aromatic carbocycles. The van der Waals surface area contributed by atoms with Gasteiger partial charge in [-0.05, 0) is 24.6 Å². The van der Waals surface area contributed by atoms with Crippen molar-refractivity contribution in [3.63, 3.8) is 0 Å². The number of rotatable bonds is 2. The fourth-order valence-corrected chi connectivity index (χ4v) is 2.22. The number of carbonyl (C=O) groups excluding carboxylic acids is 1. The van der Waals surface area contributed by atoms with Gasteiger partial charge in [0.05, 0.1) is 11.4 Å². The van der Waals surface area contributed by atoms with Gasteiger partial charge in [-0.25, -0.2) is 0 Å². The van der Waals surface area contributed by atoms with Crippen molar-refractivity contribution in [2.45, 2.75) is 6.92 Å². The van der Waals surface area contributed by atoms with Crippen LogP contribution in [0.15, 0.2) is 42.6 Å². The van der Waals surface area contributed by atoms with Crippen LogP contribution in [-0.2, 0) is 0 Å². The van der Waals surface area contributed by atoms with E-state index in [4.69, 9.17) is 0 Å². The summed E-state index contributed by atoms with van der Waals surface area (Å²) in [4.78, 5) is 19.0. The molecule has 0 aliphatic carbocycles. The number of benzene rings is 1. The summed E-state index contributed by atoms with van der Waals surface area (Å²) >= 11 is 0. The molecule has 1 N–H and O–H groups in total. The molecule has 0 unspecified atom stereocenters. The molecule has 3 heteroatoms. The van der Waals surface area contributed by atoms with Crippen molar-refractivity contribution in [3.8, 4) is 11.4 Å². The second kappa shape index (κ2) is 4.11. The lowest BCUT2D eigenvalue weighted by atomic mass is 10.1. The van der Waals surface area contributed by atoms with Crippen LogP contribution in [0.3, 0.4) is 0 Å². The van der Waals surface area contributed by atoms with E-state index in [1.165, 1.54) is 0 Å². The highest BCUT2D eigenvalue weighted by atomic mass is 16.1. The molecule has 0 amide bonds. The summed E-state index contributed by atoms with van der Waals surface area (Å²) in [6.07, 6.45) is 2.63. The average Bonchev–Trinajstić information content (AvgIpc) is 2.77. The van der Waals surface area contributed by atoms with Crippen LogP contribution in [0, 0.1) is 6.92 Å². The minimum atomic E-state index is 0.674. The molecule has 0 saturated carbocycles. The molecular weight excluding hydrogens is 224 g/mol. The van der Waals surface area contributed by atoms with Crippen molar-refractivity contribution >= 4 is 17.2 Å². The summed E-state index contributed by atoms with van der Waals surface area (Å²) in [5.41, 5.74) is 4.30. The number of nitrogens with zero attached hydrogens (tertiary/aromatic N) is 1. The van der Waals surface area contributed by atoms with E-state index >= 15 is 0 Å². The maximum absolute atomic E-state index is 11.3. The van der Waals surface area contributed by atoms with Gasteiger partial charge in [0.25, 0.3) is 0 Å². The van der Waals surface area contributed by atoms with E-state index < -0.39 is 0 Å². The van der Waals surface area contributed by atoms with Crippen molar-refractivity contribution in [1.29, 1.82) is 0 Å². The van der Waals surface area contributed by atoms with E-state index in [-0.39, 0.29) is 0 Å². The molecule has 0 spiro atoms. The number of hydrogen-bond acceptors (Lipinski definition) is 2. The fraction of sp³-hybridized carbons (Fsp3) is 0.0667. The number of H-pyrrole nitrogens is 1. The normalized spacial score (nSPS) is 10.7. The van der Waals surface area contributed by atoms with Crippen LogP contribution in [0.2, 0.25) is 0 Å². The van der Waals surface area contributed by atoms with Crippen LogP contribution in [0.25, 0.3) is 22.3 Å². The molecule has 0 saturated heterocycles. The molecule has 0 atom stereocenters. The minimum absolute atomic E-state index is 0.674. The highest BCUT2D eigenvalue weighted by Gasteiger charge is 2.14. The summed E-state index contributed by atoms with van der Waals surface area (Å²) in [6, 6.07) is 11.7. The van der Waals surface area contributed by atoms with Gasteiger partial charge in [-0.3, -0.25) is 9.78 Å². The molecule has 0 bridgehead atoms. The van der Waals surface area contributed by atoms with Gasteiger partial charge >= 0.3 is 0 Å². The monoisotopic (exact) mass is 236 g/mol. The van der Waals surface area contributed by atoms with Gasteiger partial charge in [0, 0.05) is 22.7 Å². The zero-order valence-corrected chi connectivity index (χ0v) is 9.97. The number of para-hydroxylation sites is 1. The first kappa shape index (κ1) is 10.7. The van der Waals surface area contributed by atoms with Crippen molar-refractivity contribution in [2.75, 3.05) is 0 Å². The first-order valence-corrected chi connectivity index (χ1v) is 5.79. The summed E-state index contributed by atoms with van der Waals surface area (Å²) in [6.45, 7) is 1.99. The summed E-state index contributed by atoms with van der Waals surface area (Å²) in [7, 11) is 0. The van der Waals surface area contributed by atoms with E-state index in [9.17, 15) is 4.79 Å². The van der Waals surface area contributed by atoms with Crippen LogP contribution < -0.4 is 0 Å². The second-order valence-corrected chi connectivity index (χ2v) is 4.25. The Kier molecular flexibility index (Phi) is 2.45. The van der Waals surface area contributed by atoms with Crippen molar-refractivity contribution < 1.29 is 4.79 Å². The van der Waals surface area contributed by atoms with Crippen LogP contribution in [0.5, 0.6) is 0 Å². The molecule has 0 radical (unpaired) electrons. The standard InChI is InChI=1S/C15H12N2O/c1-10-5-4-8-16-14(10)15-12(9-18)11-6-2-3-7-13(11)17-15/h2-9,17H,1H3. The van der Waals surface area contributed by atoms with Crippen molar-refractivity contribution in [1.82, 2.24) is 9.97 Å². The first-order valence-electron chi connectivity index (χ1n) is 5.79. The Morgan fingerprint density at radius 1 is 1.17 bits per heavy atom. The van der Waals surface area contributed by atoms with Gasteiger partial charge in [-0.2, -0.15) is 0 Å². The van der Waals surface area contributed by atoms with Gasteiger partial charge in [-0.1, -0.05) is 24.3 Å². The van der Waals surface area contributed by atoms with Gasteiger partial charge in [0.1, 0.15) is 0 Å². The number of aryl methyl sites for hydroxylation is 1. The third-order valence-corrected chi connectivity index (χ3v) is 3.11. The van der Waals surface area contributed by atoms with Crippen LogP contribution in [0.4, 0.5) is 0 Å². The van der Waals surface area contributed by atoms with Crippen LogP contribution in [-0.4, -0.2) is 16.3 Å². The lowest BCUT2D eigenvalue weighted by Gasteiger charge is -2.02. The summed E-state index contributed by atoms with van der Waals surface area (Å²) < 4.78 is 0. The predicted molar refractivity (Wildman–Crippen MR) is 71.7 cm³/mol. The van der Waals surface area contributed by atoms with E-state index in [2.05, 4.69) is 9.97 Å². The molecule has 3 aromatic rings. The zero-order chi connectivity index (χ0) is 12.5. The number of aromatic amines is 1. The molecule has 0 fully saturated rings. The highest BCUT2D eigenvalue weighted by Crippen LogP contribution is 2.29. The van der Waals surface area contributed by atoms with Gasteiger partial charge in [-0.15, -0.1) is 0 Å². The molecule has 3 rings (SSSR count).